The van der Waals surface area contributed by atoms with Crippen molar-refractivity contribution in [2.24, 2.45) is 0 Å². The predicted molar refractivity (Wildman–Crippen MR) is 135 cm³/mol. The Hall–Kier alpha value is -2.84. The Balaban J connectivity index is 1.38. The minimum atomic E-state index is -3.87. The van der Waals surface area contributed by atoms with Crippen molar-refractivity contribution in [3.8, 4) is 5.88 Å². The van der Waals surface area contributed by atoms with Gasteiger partial charge in [-0.3, -0.25) is 4.72 Å². The predicted octanol–water partition coefficient (Wildman–Crippen LogP) is 5.47. The Morgan fingerprint density at radius 1 is 1.00 bits per heavy atom. The van der Waals surface area contributed by atoms with Crippen molar-refractivity contribution in [1.29, 1.82) is 0 Å². The number of aromatic nitrogens is 2. The van der Waals surface area contributed by atoms with Crippen LogP contribution in [0, 0.1) is 0 Å². The molecule has 1 fully saturated rings. The molecule has 3 aromatic rings. The van der Waals surface area contributed by atoms with E-state index in [0.717, 1.165) is 23.4 Å². The fourth-order valence-corrected chi connectivity index (χ4v) is 5.66. The van der Waals surface area contributed by atoms with Crippen molar-refractivity contribution >= 4 is 33.3 Å². The molecule has 7 nitrogen and oxygen atoms in total. The number of pyridine rings is 2. The summed E-state index contributed by atoms with van der Waals surface area (Å²) in [5, 5.41) is 3.68. The number of rotatable bonds is 9. The zero-order valence-electron chi connectivity index (χ0n) is 19.1. The van der Waals surface area contributed by atoms with Crippen LogP contribution in [0.1, 0.15) is 43.2 Å². The molecule has 1 aliphatic carbocycles. The first kappa shape index (κ1) is 24.3. The highest BCUT2D eigenvalue weighted by atomic mass is 35.5. The molecule has 1 saturated carbocycles. The van der Waals surface area contributed by atoms with E-state index in [2.05, 4.69) is 26.1 Å². The molecule has 0 spiro atoms. The average Bonchev–Trinajstić information content (AvgIpc) is 2.84. The largest absolute Gasteiger partial charge is 0.481 e. The van der Waals surface area contributed by atoms with Gasteiger partial charge in [-0.15, -0.1) is 0 Å². The Bertz CT molecular complexity index is 1210. The maximum absolute atomic E-state index is 12.7. The van der Waals surface area contributed by atoms with E-state index in [1.165, 1.54) is 51.3 Å². The van der Waals surface area contributed by atoms with Crippen molar-refractivity contribution in [1.82, 2.24) is 9.97 Å². The number of aryl methyl sites for hydroxylation is 2. The highest BCUT2D eigenvalue weighted by Gasteiger charge is 2.19. The molecular weight excluding hydrogens is 472 g/mol. The van der Waals surface area contributed by atoms with Crippen LogP contribution in [0.15, 0.2) is 59.6 Å². The minimum Gasteiger partial charge on any atom is -0.481 e. The fourth-order valence-electron chi connectivity index (χ4n) is 4.14. The third-order valence-electron chi connectivity index (χ3n) is 5.96. The second-order valence-corrected chi connectivity index (χ2v) is 10.5. The number of benzene rings is 1. The molecule has 34 heavy (non-hydrogen) atoms. The number of hydrogen-bond donors (Lipinski definition) is 2. The summed E-state index contributed by atoms with van der Waals surface area (Å²) in [5.74, 6) is 1.47. The van der Waals surface area contributed by atoms with Crippen LogP contribution in [0.4, 0.5) is 11.6 Å². The first-order valence-electron chi connectivity index (χ1n) is 11.5. The molecule has 1 aliphatic rings. The third kappa shape index (κ3) is 6.18. The monoisotopic (exact) mass is 500 g/mol. The lowest BCUT2D eigenvalue weighted by Gasteiger charge is -2.23. The van der Waals surface area contributed by atoms with Crippen LogP contribution < -0.4 is 14.8 Å². The van der Waals surface area contributed by atoms with Gasteiger partial charge >= 0.3 is 0 Å². The molecule has 9 heteroatoms. The third-order valence-corrected chi connectivity index (χ3v) is 7.82. The molecule has 4 rings (SSSR count). The van der Waals surface area contributed by atoms with Gasteiger partial charge in [0.25, 0.3) is 10.0 Å². The summed E-state index contributed by atoms with van der Waals surface area (Å²) < 4.78 is 33.3. The summed E-state index contributed by atoms with van der Waals surface area (Å²) >= 11 is 6.04. The number of hydrogen-bond acceptors (Lipinski definition) is 6. The Labute approximate surface area is 206 Å². The molecule has 180 valence electrons. The van der Waals surface area contributed by atoms with E-state index < -0.39 is 10.0 Å². The summed E-state index contributed by atoms with van der Waals surface area (Å²) in [7, 11) is -2.35. The highest BCUT2D eigenvalue weighted by molar-refractivity contribution is 7.92. The minimum absolute atomic E-state index is 0.00423. The van der Waals surface area contributed by atoms with Crippen LogP contribution in [-0.4, -0.2) is 31.5 Å². The van der Waals surface area contributed by atoms with Crippen molar-refractivity contribution in [2.45, 2.75) is 55.9 Å². The summed E-state index contributed by atoms with van der Waals surface area (Å²) in [6.45, 7) is 0. The van der Waals surface area contributed by atoms with Crippen molar-refractivity contribution < 1.29 is 13.2 Å². The molecule has 1 aromatic carbocycles. The second kappa shape index (κ2) is 11.1. The Kier molecular flexibility index (Phi) is 7.90. The average molecular weight is 501 g/mol. The van der Waals surface area contributed by atoms with Gasteiger partial charge in [-0.25, -0.2) is 13.4 Å². The first-order valence-corrected chi connectivity index (χ1v) is 13.3. The van der Waals surface area contributed by atoms with Crippen LogP contribution >= 0.6 is 11.6 Å². The van der Waals surface area contributed by atoms with Crippen LogP contribution in [-0.2, 0) is 22.9 Å². The van der Waals surface area contributed by atoms with Gasteiger partial charge in [0.05, 0.1) is 12.1 Å². The number of halogens is 1. The first-order chi connectivity index (χ1) is 16.4. The van der Waals surface area contributed by atoms with Gasteiger partial charge in [-0.2, -0.15) is 4.98 Å². The van der Waals surface area contributed by atoms with E-state index in [9.17, 15) is 8.42 Å². The number of methoxy groups -OCH3 is 1. The van der Waals surface area contributed by atoms with Gasteiger partial charge < -0.3 is 10.1 Å². The summed E-state index contributed by atoms with van der Waals surface area (Å²) in [5.41, 5.74) is 1.99. The molecule has 0 saturated heterocycles. The number of nitrogens with one attached hydrogen (secondary N) is 2. The van der Waals surface area contributed by atoms with Crippen LogP contribution in [0.2, 0.25) is 5.02 Å². The summed E-state index contributed by atoms with van der Waals surface area (Å²) in [6, 6.07) is 14.4. The molecular formula is C25H29ClN4O3S. The molecule has 0 atom stereocenters. The molecule has 2 aromatic heterocycles. The van der Waals surface area contributed by atoms with E-state index in [-0.39, 0.29) is 15.7 Å². The van der Waals surface area contributed by atoms with Gasteiger partial charge in [0, 0.05) is 17.8 Å². The maximum Gasteiger partial charge on any atom is 0.264 e. The van der Waals surface area contributed by atoms with Crippen molar-refractivity contribution in [3.63, 3.8) is 0 Å². The van der Waals surface area contributed by atoms with Gasteiger partial charge in [0.15, 0.2) is 0 Å². The van der Waals surface area contributed by atoms with E-state index >= 15 is 0 Å². The lowest BCUT2D eigenvalue weighted by Crippen LogP contribution is -2.22. The van der Waals surface area contributed by atoms with Crippen LogP contribution in [0.5, 0.6) is 5.88 Å². The topological polar surface area (TPSA) is 93.2 Å². The summed E-state index contributed by atoms with van der Waals surface area (Å²) in [6.07, 6.45) is 9.66. The molecule has 0 radical (unpaired) electrons. The highest BCUT2D eigenvalue weighted by Crippen LogP contribution is 2.26. The van der Waals surface area contributed by atoms with E-state index in [1.54, 1.807) is 18.2 Å². The molecule has 0 unspecified atom stereocenters. The smallest absolute Gasteiger partial charge is 0.264 e. The van der Waals surface area contributed by atoms with E-state index in [0.29, 0.717) is 18.3 Å². The molecule has 0 amide bonds. The number of anilines is 2. The van der Waals surface area contributed by atoms with Crippen LogP contribution in [0.25, 0.3) is 0 Å². The Morgan fingerprint density at radius 3 is 2.47 bits per heavy atom. The van der Waals surface area contributed by atoms with Gasteiger partial charge in [-0.05, 0) is 61.6 Å². The normalized spacial score (nSPS) is 14.5. The van der Waals surface area contributed by atoms with E-state index in [4.69, 9.17) is 16.3 Å². The Morgan fingerprint density at radius 2 is 1.76 bits per heavy atom. The number of nitrogens with zero attached hydrogens (tertiary/aromatic N) is 2. The number of ether oxygens (including phenoxy) is 1. The SMILES string of the molecule is COc1nc(NS(=O)(=O)c2ccccc2Cl)ccc1CCc1ccc(NC2CCCCC2)nc1. The van der Waals surface area contributed by atoms with Gasteiger partial charge in [0.2, 0.25) is 5.88 Å². The quantitative estimate of drug-likeness (QED) is 0.404. The van der Waals surface area contributed by atoms with Gasteiger partial charge in [0.1, 0.15) is 16.5 Å². The lowest BCUT2D eigenvalue weighted by atomic mass is 9.95. The zero-order chi connectivity index (χ0) is 24.0. The molecule has 2 heterocycles. The zero-order valence-corrected chi connectivity index (χ0v) is 20.7. The lowest BCUT2D eigenvalue weighted by molar-refractivity contribution is 0.393. The second-order valence-electron chi connectivity index (χ2n) is 8.43. The van der Waals surface area contributed by atoms with Crippen LogP contribution in [0.3, 0.4) is 0 Å². The fraction of sp³-hybridized carbons (Fsp3) is 0.360. The maximum atomic E-state index is 12.7. The molecule has 0 bridgehead atoms. The molecule has 2 N–H and O–H groups in total. The van der Waals surface area contributed by atoms with Crippen molar-refractivity contribution in [3.05, 3.63) is 70.9 Å². The van der Waals surface area contributed by atoms with E-state index in [1.807, 2.05) is 18.3 Å². The van der Waals surface area contributed by atoms with Gasteiger partial charge in [-0.1, -0.05) is 49.1 Å². The standard InChI is InChI=1S/C25H29ClN4O3S/c1-33-25-19(13-11-18-12-15-23(27-17-18)28-20-7-3-2-4-8-20)14-16-24(29-25)30-34(31,32)22-10-6-5-9-21(22)26/h5-6,9-10,12,14-17,20H,2-4,7-8,11,13H2,1H3,(H,27,28)(H,29,30). The molecule has 0 aliphatic heterocycles. The number of sulfonamides is 1. The summed E-state index contributed by atoms with van der Waals surface area (Å²) in [4.78, 5) is 8.91. The van der Waals surface area contributed by atoms with Crippen molar-refractivity contribution in [2.75, 3.05) is 17.1 Å².